The van der Waals surface area contributed by atoms with Gasteiger partial charge in [0.2, 0.25) is 5.91 Å². The third-order valence-corrected chi connectivity index (χ3v) is 5.78. The first-order valence-electron chi connectivity index (χ1n) is 8.96. The lowest BCUT2D eigenvalue weighted by Gasteiger charge is -2.15. The lowest BCUT2D eigenvalue weighted by Crippen LogP contribution is -2.28. The van der Waals surface area contributed by atoms with Crippen molar-refractivity contribution in [1.82, 2.24) is 20.1 Å². The molecule has 1 N–H and O–H groups in total. The van der Waals surface area contributed by atoms with Crippen molar-refractivity contribution in [2.45, 2.75) is 24.7 Å². The van der Waals surface area contributed by atoms with Gasteiger partial charge in [-0.25, -0.2) is 0 Å². The molecule has 0 bridgehead atoms. The fourth-order valence-corrected chi connectivity index (χ4v) is 4.00. The summed E-state index contributed by atoms with van der Waals surface area (Å²) in [6.45, 7) is 6.24. The molecule has 1 unspecified atom stereocenters. The molecule has 0 fully saturated rings. The van der Waals surface area contributed by atoms with Gasteiger partial charge in [0.15, 0.2) is 11.0 Å². The molecule has 2 aromatic carbocycles. The number of allylic oxidation sites excluding steroid dienone is 1. The molecule has 29 heavy (non-hydrogen) atoms. The Morgan fingerprint density at radius 2 is 1.93 bits per heavy atom. The van der Waals surface area contributed by atoms with Crippen LogP contribution in [0.4, 0.5) is 0 Å². The van der Waals surface area contributed by atoms with Crippen LogP contribution in [-0.2, 0) is 11.3 Å². The summed E-state index contributed by atoms with van der Waals surface area (Å²) >= 11 is 13.5. The zero-order valence-electron chi connectivity index (χ0n) is 15.8. The van der Waals surface area contributed by atoms with E-state index in [-0.39, 0.29) is 17.7 Å². The van der Waals surface area contributed by atoms with Gasteiger partial charge >= 0.3 is 0 Å². The Morgan fingerprint density at radius 3 is 2.62 bits per heavy atom. The average molecular weight is 447 g/mol. The zero-order valence-corrected chi connectivity index (χ0v) is 18.1. The Hall–Kier alpha value is -2.28. The van der Waals surface area contributed by atoms with E-state index < -0.39 is 0 Å². The number of hydrogen-bond acceptors (Lipinski definition) is 4. The minimum absolute atomic E-state index is 0.108. The number of carbonyl (C=O) groups excluding carboxylic acids is 1. The van der Waals surface area contributed by atoms with Gasteiger partial charge in [-0.2, -0.15) is 0 Å². The number of thioether (sulfide) groups is 1. The van der Waals surface area contributed by atoms with Crippen LogP contribution in [0.2, 0.25) is 10.0 Å². The van der Waals surface area contributed by atoms with Gasteiger partial charge in [-0.05, 0) is 42.8 Å². The number of halogens is 2. The minimum Gasteiger partial charge on any atom is -0.349 e. The van der Waals surface area contributed by atoms with Crippen LogP contribution in [0.25, 0.3) is 11.4 Å². The van der Waals surface area contributed by atoms with Crippen molar-refractivity contribution in [2.75, 3.05) is 5.75 Å². The van der Waals surface area contributed by atoms with E-state index in [1.54, 1.807) is 18.2 Å². The normalized spacial score (nSPS) is 11.8. The summed E-state index contributed by atoms with van der Waals surface area (Å²) in [5.41, 5.74) is 1.78. The molecule has 0 radical (unpaired) electrons. The largest absolute Gasteiger partial charge is 0.349 e. The fraction of sp³-hybridized carbons (Fsp3) is 0.190. The van der Waals surface area contributed by atoms with Crippen molar-refractivity contribution in [2.24, 2.45) is 0 Å². The minimum atomic E-state index is -0.188. The predicted octanol–water partition coefficient (Wildman–Crippen LogP) is 5.41. The van der Waals surface area contributed by atoms with Crippen molar-refractivity contribution < 1.29 is 4.79 Å². The molecule has 0 saturated heterocycles. The molecule has 150 valence electrons. The van der Waals surface area contributed by atoms with Crippen molar-refractivity contribution in [3.8, 4) is 11.4 Å². The number of amides is 1. The van der Waals surface area contributed by atoms with Crippen LogP contribution in [0.3, 0.4) is 0 Å². The third kappa shape index (κ3) is 5.41. The van der Waals surface area contributed by atoms with E-state index in [2.05, 4.69) is 22.1 Å². The van der Waals surface area contributed by atoms with E-state index in [0.717, 1.165) is 11.1 Å². The molecule has 1 heterocycles. The summed E-state index contributed by atoms with van der Waals surface area (Å²) in [7, 11) is 0. The van der Waals surface area contributed by atoms with Crippen LogP contribution in [0.15, 0.2) is 66.3 Å². The summed E-state index contributed by atoms with van der Waals surface area (Å²) in [6.07, 6.45) is 1.77. The summed E-state index contributed by atoms with van der Waals surface area (Å²) in [4.78, 5) is 12.4. The molecular formula is C21H20Cl2N4OS. The van der Waals surface area contributed by atoms with E-state index in [0.29, 0.717) is 27.6 Å². The molecule has 5 nitrogen and oxygen atoms in total. The summed E-state index contributed by atoms with van der Waals surface area (Å²) in [5, 5.41) is 13.4. The molecule has 3 aromatic rings. The average Bonchev–Trinajstić information content (AvgIpc) is 3.10. The Bertz CT molecular complexity index is 1000. The second-order valence-electron chi connectivity index (χ2n) is 6.31. The Morgan fingerprint density at radius 1 is 1.21 bits per heavy atom. The van der Waals surface area contributed by atoms with Crippen LogP contribution < -0.4 is 5.32 Å². The first-order valence-corrected chi connectivity index (χ1v) is 10.7. The molecular weight excluding hydrogens is 427 g/mol. The Kier molecular flexibility index (Phi) is 7.36. The van der Waals surface area contributed by atoms with Crippen LogP contribution in [0, 0.1) is 0 Å². The van der Waals surface area contributed by atoms with E-state index in [1.165, 1.54) is 11.8 Å². The number of carbonyl (C=O) groups is 1. The van der Waals surface area contributed by atoms with Crippen LogP contribution >= 0.6 is 35.0 Å². The maximum Gasteiger partial charge on any atom is 0.230 e. The summed E-state index contributed by atoms with van der Waals surface area (Å²) in [5.74, 6) is 0.808. The highest BCUT2D eigenvalue weighted by atomic mass is 35.5. The molecule has 0 spiro atoms. The summed E-state index contributed by atoms with van der Waals surface area (Å²) < 4.78 is 1.92. The van der Waals surface area contributed by atoms with Gasteiger partial charge in [0.05, 0.1) is 11.8 Å². The molecule has 0 aliphatic rings. The standard InChI is InChI=1S/C21H20Cl2N4OS/c1-3-12-27-20(15-8-10-16(22)11-9-15)25-26-21(27)29-13-19(28)24-14(2)17-6-4-5-7-18(17)23/h3-11,14H,1,12-13H2,2H3,(H,24,28). The monoisotopic (exact) mass is 446 g/mol. The van der Waals surface area contributed by atoms with Gasteiger partial charge in [0, 0.05) is 22.2 Å². The summed E-state index contributed by atoms with van der Waals surface area (Å²) in [6, 6.07) is 14.7. The zero-order chi connectivity index (χ0) is 20.8. The van der Waals surface area contributed by atoms with Gasteiger partial charge < -0.3 is 5.32 Å². The lowest BCUT2D eigenvalue weighted by molar-refractivity contribution is -0.119. The lowest BCUT2D eigenvalue weighted by atomic mass is 10.1. The molecule has 0 saturated carbocycles. The molecule has 0 aliphatic heterocycles. The molecule has 8 heteroatoms. The fourth-order valence-electron chi connectivity index (χ4n) is 2.82. The van der Waals surface area contributed by atoms with Gasteiger partial charge in [0.1, 0.15) is 0 Å². The first-order chi connectivity index (χ1) is 14.0. The first kappa shape index (κ1) is 21.4. The smallest absolute Gasteiger partial charge is 0.230 e. The maximum atomic E-state index is 12.4. The number of rotatable bonds is 8. The van der Waals surface area contributed by atoms with E-state index in [9.17, 15) is 4.79 Å². The maximum absolute atomic E-state index is 12.4. The second-order valence-corrected chi connectivity index (χ2v) is 8.10. The highest BCUT2D eigenvalue weighted by Gasteiger charge is 2.17. The molecule has 3 rings (SSSR count). The number of nitrogens with zero attached hydrogens (tertiary/aromatic N) is 3. The number of aromatic nitrogens is 3. The Labute approximate surface area is 184 Å². The van der Waals surface area contributed by atoms with E-state index >= 15 is 0 Å². The number of benzene rings is 2. The van der Waals surface area contributed by atoms with Crippen molar-refractivity contribution in [3.63, 3.8) is 0 Å². The molecule has 1 atom stereocenters. The molecule has 0 aliphatic carbocycles. The van der Waals surface area contributed by atoms with Crippen molar-refractivity contribution >= 4 is 40.9 Å². The van der Waals surface area contributed by atoms with E-state index in [4.69, 9.17) is 23.2 Å². The van der Waals surface area contributed by atoms with Crippen molar-refractivity contribution in [3.05, 3.63) is 76.8 Å². The number of hydrogen-bond donors (Lipinski definition) is 1. The van der Waals surface area contributed by atoms with Crippen LogP contribution in [0.1, 0.15) is 18.5 Å². The van der Waals surface area contributed by atoms with Crippen LogP contribution in [0.5, 0.6) is 0 Å². The second kappa shape index (κ2) is 9.96. The third-order valence-electron chi connectivity index (χ3n) is 4.21. The number of nitrogens with one attached hydrogen (secondary N) is 1. The van der Waals surface area contributed by atoms with Gasteiger partial charge in [-0.15, -0.1) is 16.8 Å². The molecule has 1 amide bonds. The van der Waals surface area contributed by atoms with Crippen molar-refractivity contribution in [1.29, 1.82) is 0 Å². The van der Waals surface area contributed by atoms with Gasteiger partial charge in [-0.3, -0.25) is 9.36 Å². The van der Waals surface area contributed by atoms with Gasteiger partial charge in [0.25, 0.3) is 0 Å². The van der Waals surface area contributed by atoms with E-state index in [1.807, 2.05) is 47.9 Å². The predicted molar refractivity (Wildman–Crippen MR) is 119 cm³/mol. The topological polar surface area (TPSA) is 59.8 Å². The van der Waals surface area contributed by atoms with Crippen LogP contribution in [-0.4, -0.2) is 26.4 Å². The highest BCUT2D eigenvalue weighted by molar-refractivity contribution is 7.99. The molecule has 1 aromatic heterocycles. The Balaban J connectivity index is 1.68. The quantitative estimate of drug-likeness (QED) is 0.371. The SMILES string of the molecule is C=CCn1c(SCC(=O)NC(C)c2ccccc2Cl)nnc1-c1ccc(Cl)cc1. The van der Waals surface area contributed by atoms with Gasteiger partial charge in [-0.1, -0.05) is 59.2 Å². The highest BCUT2D eigenvalue weighted by Crippen LogP contribution is 2.26.